The molecular weight excluding hydrogens is 346 g/mol. The second-order valence-corrected chi connectivity index (χ2v) is 6.89. The summed E-state index contributed by atoms with van der Waals surface area (Å²) in [7, 11) is 1.63. The van der Waals surface area contributed by atoms with E-state index in [4.69, 9.17) is 9.47 Å². The number of methoxy groups -OCH3 is 1. The van der Waals surface area contributed by atoms with Gasteiger partial charge in [-0.3, -0.25) is 4.79 Å². The zero-order valence-electron chi connectivity index (χ0n) is 15.9. The molecule has 0 saturated carbocycles. The van der Waals surface area contributed by atoms with Crippen LogP contribution in [0.15, 0.2) is 23.0 Å². The van der Waals surface area contributed by atoms with E-state index in [0.717, 1.165) is 34.7 Å². The van der Waals surface area contributed by atoms with E-state index in [0.29, 0.717) is 31.7 Å². The number of aryl methyl sites for hydroxylation is 2. The molecule has 27 heavy (non-hydrogen) atoms. The van der Waals surface area contributed by atoms with Crippen molar-refractivity contribution < 1.29 is 14.3 Å². The van der Waals surface area contributed by atoms with Gasteiger partial charge < -0.3 is 19.8 Å². The maximum atomic E-state index is 12.2. The Labute approximate surface area is 158 Å². The molecule has 1 aromatic heterocycles. The Balaban J connectivity index is 1.49. The first-order valence-corrected chi connectivity index (χ1v) is 9.09. The number of ether oxygens (including phenoxy) is 2. The van der Waals surface area contributed by atoms with Crippen LogP contribution in [-0.2, 0) is 17.6 Å². The van der Waals surface area contributed by atoms with E-state index in [-0.39, 0.29) is 17.5 Å². The Morgan fingerprint density at radius 1 is 1.41 bits per heavy atom. The number of H-pyrrole nitrogens is 1. The first-order chi connectivity index (χ1) is 13.0. The first-order valence-electron chi connectivity index (χ1n) is 9.09. The molecule has 2 aromatic rings. The molecule has 1 aromatic carbocycles. The highest BCUT2D eigenvalue weighted by atomic mass is 16.5. The van der Waals surface area contributed by atoms with E-state index >= 15 is 0 Å². The Hall–Kier alpha value is -2.83. The van der Waals surface area contributed by atoms with Gasteiger partial charge in [-0.2, -0.15) is 4.98 Å². The maximum Gasteiger partial charge on any atom is 0.345 e. The molecule has 0 unspecified atom stereocenters. The average Bonchev–Trinajstić information content (AvgIpc) is 2.64. The molecule has 1 atom stereocenters. The molecule has 1 amide bonds. The number of aromatic amines is 1. The molecule has 0 fully saturated rings. The van der Waals surface area contributed by atoms with E-state index < -0.39 is 0 Å². The van der Waals surface area contributed by atoms with Crippen molar-refractivity contribution in [3.05, 3.63) is 51.2 Å². The average molecular weight is 371 g/mol. The van der Waals surface area contributed by atoms with Crippen LogP contribution in [0.2, 0.25) is 0 Å². The number of benzene rings is 1. The SMILES string of the molecule is COc1ccc2c(c1)OC[C@H](CNC(=O)CCc1c(C)nc(=O)[nH]c1C)C2. The number of nitrogens with one attached hydrogen (secondary N) is 2. The molecule has 7 heteroatoms. The summed E-state index contributed by atoms with van der Waals surface area (Å²) in [6.45, 7) is 4.77. The minimum absolute atomic E-state index is 0.0134. The Morgan fingerprint density at radius 3 is 2.96 bits per heavy atom. The van der Waals surface area contributed by atoms with Crippen LogP contribution in [0, 0.1) is 19.8 Å². The van der Waals surface area contributed by atoms with Gasteiger partial charge in [-0.1, -0.05) is 6.07 Å². The van der Waals surface area contributed by atoms with Crippen molar-refractivity contribution in [2.75, 3.05) is 20.3 Å². The lowest BCUT2D eigenvalue weighted by atomic mass is 9.96. The third-order valence-corrected chi connectivity index (χ3v) is 4.90. The van der Waals surface area contributed by atoms with Crippen molar-refractivity contribution in [2.45, 2.75) is 33.1 Å². The number of carbonyl (C=O) groups is 1. The van der Waals surface area contributed by atoms with Crippen LogP contribution in [0.1, 0.15) is 28.9 Å². The minimum atomic E-state index is -0.353. The van der Waals surface area contributed by atoms with E-state index in [1.807, 2.05) is 25.1 Å². The second-order valence-electron chi connectivity index (χ2n) is 6.89. The van der Waals surface area contributed by atoms with Gasteiger partial charge in [0.15, 0.2) is 0 Å². The maximum absolute atomic E-state index is 12.2. The van der Waals surface area contributed by atoms with Gasteiger partial charge in [-0.25, -0.2) is 4.79 Å². The highest BCUT2D eigenvalue weighted by Crippen LogP contribution is 2.30. The third-order valence-electron chi connectivity index (χ3n) is 4.90. The highest BCUT2D eigenvalue weighted by molar-refractivity contribution is 5.76. The predicted octanol–water partition coefficient (Wildman–Crippen LogP) is 1.70. The summed E-state index contributed by atoms with van der Waals surface area (Å²) in [6.07, 6.45) is 1.77. The van der Waals surface area contributed by atoms with Gasteiger partial charge >= 0.3 is 5.69 Å². The number of fused-ring (bicyclic) bond motifs is 1. The lowest BCUT2D eigenvalue weighted by Crippen LogP contribution is -2.35. The molecule has 144 valence electrons. The van der Waals surface area contributed by atoms with Crippen LogP contribution in [0.3, 0.4) is 0 Å². The van der Waals surface area contributed by atoms with Crippen LogP contribution < -0.4 is 20.5 Å². The Kier molecular flexibility index (Phi) is 5.78. The second kappa shape index (κ2) is 8.24. The highest BCUT2D eigenvalue weighted by Gasteiger charge is 2.21. The van der Waals surface area contributed by atoms with Crippen molar-refractivity contribution in [1.82, 2.24) is 15.3 Å². The van der Waals surface area contributed by atoms with Gasteiger partial charge in [-0.15, -0.1) is 0 Å². The molecule has 0 bridgehead atoms. The number of carbonyl (C=O) groups excluding carboxylic acids is 1. The van der Waals surface area contributed by atoms with E-state index in [2.05, 4.69) is 15.3 Å². The summed E-state index contributed by atoms with van der Waals surface area (Å²) in [5.41, 5.74) is 3.15. The minimum Gasteiger partial charge on any atom is -0.497 e. The fourth-order valence-corrected chi connectivity index (χ4v) is 3.38. The van der Waals surface area contributed by atoms with Crippen molar-refractivity contribution >= 4 is 5.91 Å². The first kappa shape index (κ1) is 18.9. The Morgan fingerprint density at radius 2 is 2.22 bits per heavy atom. The number of amides is 1. The van der Waals surface area contributed by atoms with Crippen molar-refractivity contribution in [2.24, 2.45) is 5.92 Å². The number of aromatic nitrogens is 2. The van der Waals surface area contributed by atoms with Crippen molar-refractivity contribution in [3.63, 3.8) is 0 Å². The zero-order valence-corrected chi connectivity index (χ0v) is 15.9. The number of hydrogen-bond acceptors (Lipinski definition) is 5. The Bertz CT molecular complexity index is 865. The fourth-order valence-electron chi connectivity index (χ4n) is 3.38. The van der Waals surface area contributed by atoms with E-state index in [1.165, 1.54) is 0 Å². The van der Waals surface area contributed by atoms with Gasteiger partial charge in [0.05, 0.1) is 13.7 Å². The quantitative estimate of drug-likeness (QED) is 0.806. The molecule has 0 saturated heterocycles. The summed E-state index contributed by atoms with van der Waals surface area (Å²) < 4.78 is 11.0. The molecule has 3 rings (SSSR count). The molecule has 0 aliphatic carbocycles. The molecule has 1 aliphatic rings. The van der Waals surface area contributed by atoms with Crippen molar-refractivity contribution in [3.8, 4) is 11.5 Å². The summed E-state index contributed by atoms with van der Waals surface area (Å²) in [5.74, 6) is 1.87. The van der Waals surface area contributed by atoms with E-state index in [9.17, 15) is 9.59 Å². The summed E-state index contributed by atoms with van der Waals surface area (Å²) in [5, 5.41) is 2.99. The van der Waals surface area contributed by atoms with Crippen LogP contribution in [0.5, 0.6) is 11.5 Å². The van der Waals surface area contributed by atoms with Crippen LogP contribution in [0.25, 0.3) is 0 Å². The fraction of sp³-hybridized carbons (Fsp3) is 0.450. The summed E-state index contributed by atoms with van der Waals surface area (Å²) in [6, 6.07) is 5.83. The summed E-state index contributed by atoms with van der Waals surface area (Å²) >= 11 is 0. The van der Waals surface area contributed by atoms with Gasteiger partial charge in [0, 0.05) is 36.3 Å². The number of hydrogen-bond donors (Lipinski definition) is 2. The third kappa shape index (κ3) is 4.67. The molecule has 2 heterocycles. The molecule has 1 aliphatic heterocycles. The van der Waals surface area contributed by atoms with E-state index in [1.54, 1.807) is 14.0 Å². The number of nitrogens with zero attached hydrogens (tertiary/aromatic N) is 1. The standard InChI is InChI=1S/C20H25N3O4/c1-12-17(13(2)23-20(25)22-12)6-7-19(24)21-10-14-8-15-4-5-16(26-3)9-18(15)27-11-14/h4-5,9,14H,6-8,10-11H2,1-3H3,(H,21,24)(H,22,23,25)/t14-/m0/s1. The lowest BCUT2D eigenvalue weighted by molar-refractivity contribution is -0.121. The smallest absolute Gasteiger partial charge is 0.345 e. The van der Waals surface area contributed by atoms with Crippen LogP contribution in [0.4, 0.5) is 0 Å². The molecule has 7 nitrogen and oxygen atoms in total. The topological polar surface area (TPSA) is 93.3 Å². The summed E-state index contributed by atoms with van der Waals surface area (Å²) in [4.78, 5) is 30.1. The largest absolute Gasteiger partial charge is 0.497 e. The van der Waals surface area contributed by atoms with Crippen LogP contribution >= 0.6 is 0 Å². The molecular formula is C20H25N3O4. The normalized spacial score (nSPS) is 15.6. The van der Waals surface area contributed by atoms with Gasteiger partial charge in [0.25, 0.3) is 0 Å². The van der Waals surface area contributed by atoms with Crippen LogP contribution in [-0.4, -0.2) is 36.1 Å². The van der Waals surface area contributed by atoms with Crippen molar-refractivity contribution in [1.29, 1.82) is 0 Å². The number of rotatable bonds is 6. The predicted molar refractivity (Wildman–Crippen MR) is 101 cm³/mol. The van der Waals surface area contributed by atoms with Gasteiger partial charge in [-0.05, 0) is 43.9 Å². The zero-order chi connectivity index (χ0) is 19.4. The molecule has 0 radical (unpaired) electrons. The lowest BCUT2D eigenvalue weighted by Gasteiger charge is -2.25. The van der Waals surface area contributed by atoms with Gasteiger partial charge in [0.1, 0.15) is 11.5 Å². The molecule has 2 N–H and O–H groups in total. The monoisotopic (exact) mass is 371 g/mol. The van der Waals surface area contributed by atoms with Gasteiger partial charge in [0.2, 0.25) is 5.91 Å². The molecule has 0 spiro atoms.